The summed E-state index contributed by atoms with van der Waals surface area (Å²) in [7, 11) is 0. The highest BCUT2D eigenvalue weighted by molar-refractivity contribution is 9.09. The number of hydrogen-bond acceptors (Lipinski definition) is 6. The summed E-state index contributed by atoms with van der Waals surface area (Å²) in [5.41, 5.74) is -3.58. The maximum absolute atomic E-state index is 11.7. The van der Waals surface area contributed by atoms with E-state index in [1.54, 1.807) is 0 Å². The highest BCUT2D eigenvalue weighted by Crippen LogP contribution is 2.47. The number of rotatable bonds is 4. The van der Waals surface area contributed by atoms with Crippen LogP contribution in [0.25, 0.3) is 0 Å². The third-order valence-corrected chi connectivity index (χ3v) is 11.2. The quantitative estimate of drug-likeness (QED) is 0.311. The van der Waals surface area contributed by atoms with Gasteiger partial charge in [-0.15, -0.1) is 0 Å². The minimum atomic E-state index is -1.04. The van der Waals surface area contributed by atoms with Gasteiger partial charge in [0.15, 0.2) is 0 Å². The molecule has 214 valence electrons. The van der Waals surface area contributed by atoms with Crippen molar-refractivity contribution in [2.75, 3.05) is 0 Å². The molecule has 7 heteroatoms. The summed E-state index contributed by atoms with van der Waals surface area (Å²) in [6.45, 7) is 16.4. The van der Waals surface area contributed by atoms with Gasteiger partial charge in [0.1, 0.15) is 0 Å². The van der Waals surface area contributed by atoms with Crippen LogP contribution >= 0.6 is 15.9 Å². The molecule has 0 bridgehead atoms. The molecule has 4 aliphatic rings. The van der Waals surface area contributed by atoms with E-state index in [9.17, 15) is 10.2 Å². The van der Waals surface area contributed by atoms with E-state index < -0.39 is 28.0 Å². The molecule has 0 unspecified atom stereocenters. The van der Waals surface area contributed by atoms with Gasteiger partial charge in [-0.3, -0.25) is 0 Å². The Balaban J connectivity index is 1.44. The summed E-state index contributed by atoms with van der Waals surface area (Å²) in [5.74, 6) is 0. The zero-order valence-corrected chi connectivity index (χ0v) is 25.9. The molecule has 4 aliphatic heterocycles. The lowest BCUT2D eigenvalue weighted by Crippen LogP contribution is -2.57. The van der Waals surface area contributed by atoms with Crippen molar-refractivity contribution in [3.63, 3.8) is 0 Å². The van der Waals surface area contributed by atoms with Gasteiger partial charge in [0.05, 0.1) is 58.0 Å². The fourth-order valence-electron chi connectivity index (χ4n) is 6.83. The van der Waals surface area contributed by atoms with Crippen molar-refractivity contribution in [1.29, 1.82) is 0 Å². The number of aliphatic hydroxyl groups is 2. The molecule has 4 rings (SSSR count). The van der Waals surface area contributed by atoms with E-state index >= 15 is 0 Å². The SMILES string of the molecule is CC1(C)C=CC[C@]2(C)O[C@@H]3CC[C@@H]([C@@](C)(O)CC[C@@H]4OC(C)(C)[C@H](Br)CC[C@]4(C)O)O[C@@]3(C)CC[C@H]2O1. The first-order valence-corrected chi connectivity index (χ1v) is 15.3. The van der Waals surface area contributed by atoms with E-state index in [-0.39, 0.29) is 34.8 Å². The number of alkyl halides is 1. The van der Waals surface area contributed by atoms with Gasteiger partial charge in [-0.25, -0.2) is 0 Å². The van der Waals surface area contributed by atoms with E-state index in [1.165, 1.54) is 0 Å². The van der Waals surface area contributed by atoms with Crippen LogP contribution in [-0.2, 0) is 18.9 Å². The first kappa shape index (κ1) is 30.0. The zero-order valence-electron chi connectivity index (χ0n) is 24.3. The second-order valence-corrected chi connectivity index (χ2v) is 15.3. The van der Waals surface area contributed by atoms with Crippen LogP contribution in [0, 0.1) is 0 Å². The van der Waals surface area contributed by atoms with Crippen molar-refractivity contribution in [2.24, 2.45) is 0 Å². The van der Waals surface area contributed by atoms with Gasteiger partial charge in [0, 0.05) is 4.83 Å². The number of halogens is 1. The van der Waals surface area contributed by atoms with Crippen molar-refractivity contribution < 1.29 is 29.2 Å². The molecular formula is C30H51BrO6. The van der Waals surface area contributed by atoms with Gasteiger partial charge in [-0.1, -0.05) is 28.1 Å². The Labute approximate surface area is 233 Å². The van der Waals surface area contributed by atoms with Gasteiger partial charge >= 0.3 is 0 Å². The summed E-state index contributed by atoms with van der Waals surface area (Å²) in [6.07, 6.45) is 10.2. The lowest BCUT2D eigenvalue weighted by Gasteiger charge is -2.49. The maximum atomic E-state index is 11.7. The van der Waals surface area contributed by atoms with Crippen molar-refractivity contribution >= 4 is 15.9 Å². The molecule has 0 aromatic heterocycles. The zero-order chi connectivity index (χ0) is 27.5. The topological polar surface area (TPSA) is 77.4 Å². The average molecular weight is 588 g/mol. The third kappa shape index (κ3) is 6.34. The van der Waals surface area contributed by atoms with Gasteiger partial charge in [-0.2, -0.15) is 0 Å². The van der Waals surface area contributed by atoms with E-state index in [0.717, 1.165) is 38.5 Å². The predicted molar refractivity (Wildman–Crippen MR) is 149 cm³/mol. The van der Waals surface area contributed by atoms with Crippen molar-refractivity contribution in [3.8, 4) is 0 Å². The summed E-state index contributed by atoms with van der Waals surface area (Å²) in [5, 5.41) is 22.9. The molecule has 2 N–H and O–H groups in total. The fraction of sp³-hybridized carbons (Fsp3) is 0.933. The number of fused-ring (bicyclic) bond motifs is 2. The number of ether oxygens (including phenoxy) is 4. The lowest BCUT2D eigenvalue weighted by atomic mass is 9.79. The van der Waals surface area contributed by atoms with Crippen LogP contribution < -0.4 is 0 Å². The molecule has 9 atom stereocenters. The van der Waals surface area contributed by atoms with Gasteiger partial charge < -0.3 is 29.2 Å². The maximum Gasteiger partial charge on any atom is 0.0954 e. The molecule has 0 radical (unpaired) electrons. The van der Waals surface area contributed by atoms with Crippen LogP contribution in [0.3, 0.4) is 0 Å². The molecule has 3 fully saturated rings. The standard InChI is InChI=1S/C30H51BrO6/c1-25(2)15-9-16-29(7)24(34-25)14-19-30(8)23(37-29)11-10-21(36-30)28(6,33)18-13-22-27(5,32)17-12-20(31)26(3,4)35-22/h9,15,20-24,32-33H,10-14,16-19H2,1-8H3/t20-,21+,22+,23-,24-,27+,28+,29+,30+/m1/s1. The largest absolute Gasteiger partial charge is 0.387 e. The molecular weight excluding hydrogens is 536 g/mol. The highest BCUT2D eigenvalue weighted by Gasteiger charge is 2.54. The summed E-state index contributed by atoms with van der Waals surface area (Å²) in [4.78, 5) is 0.172. The average Bonchev–Trinajstić information content (AvgIpc) is 3.00. The minimum Gasteiger partial charge on any atom is -0.387 e. The Hall–Kier alpha value is -0.0200. The van der Waals surface area contributed by atoms with E-state index in [4.69, 9.17) is 18.9 Å². The minimum absolute atomic E-state index is 0.0151. The van der Waals surface area contributed by atoms with E-state index in [0.29, 0.717) is 19.3 Å². The summed E-state index contributed by atoms with van der Waals surface area (Å²) >= 11 is 3.74. The molecule has 0 aromatic rings. The first-order valence-electron chi connectivity index (χ1n) is 14.4. The molecule has 0 aromatic carbocycles. The van der Waals surface area contributed by atoms with Gasteiger partial charge in [0.2, 0.25) is 0 Å². The van der Waals surface area contributed by atoms with Crippen molar-refractivity contribution in [3.05, 3.63) is 12.2 Å². The van der Waals surface area contributed by atoms with Crippen LogP contribution in [0.2, 0.25) is 0 Å². The molecule has 0 amide bonds. The second kappa shape index (κ2) is 10.1. The molecule has 4 heterocycles. The Morgan fingerprint density at radius 2 is 1.54 bits per heavy atom. The second-order valence-electron chi connectivity index (χ2n) is 14.2. The Kier molecular flexibility index (Phi) is 8.19. The molecule has 0 aliphatic carbocycles. The summed E-state index contributed by atoms with van der Waals surface area (Å²) in [6, 6.07) is 0. The van der Waals surface area contributed by atoms with E-state index in [1.807, 2.05) is 13.8 Å². The Morgan fingerprint density at radius 3 is 2.24 bits per heavy atom. The smallest absolute Gasteiger partial charge is 0.0954 e. The van der Waals surface area contributed by atoms with E-state index in [2.05, 4.69) is 69.6 Å². The predicted octanol–water partition coefficient (Wildman–Crippen LogP) is 5.99. The monoisotopic (exact) mass is 586 g/mol. The van der Waals surface area contributed by atoms with Crippen molar-refractivity contribution in [2.45, 2.75) is 176 Å². The molecule has 0 spiro atoms. The molecule has 6 nitrogen and oxygen atoms in total. The molecule has 3 saturated heterocycles. The highest BCUT2D eigenvalue weighted by atomic mass is 79.9. The van der Waals surface area contributed by atoms with Crippen LogP contribution in [0.4, 0.5) is 0 Å². The van der Waals surface area contributed by atoms with Crippen LogP contribution in [0.15, 0.2) is 12.2 Å². The Morgan fingerprint density at radius 1 is 0.865 bits per heavy atom. The normalized spacial score (nSPS) is 47.5. The van der Waals surface area contributed by atoms with Gasteiger partial charge in [0.25, 0.3) is 0 Å². The van der Waals surface area contributed by atoms with Crippen LogP contribution in [0.5, 0.6) is 0 Å². The number of hydrogen-bond donors (Lipinski definition) is 2. The van der Waals surface area contributed by atoms with Crippen LogP contribution in [0.1, 0.15) is 113 Å². The van der Waals surface area contributed by atoms with Gasteiger partial charge in [-0.05, 0) is 113 Å². The third-order valence-electron chi connectivity index (χ3n) is 9.67. The van der Waals surface area contributed by atoms with Crippen molar-refractivity contribution in [1.82, 2.24) is 0 Å². The molecule has 0 saturated carbocycles. The van der Waals surface area contributed by atoms with Crippen LogP contribution in [-0.4, -0.2) is 73.1 Å². The first-order chi connectivity index (χ1) is 16.9. The Bertz CT molecular complexity index is 853. The molecule has 37 heavy (non-hydrogen) atoms. The summed E-state index contributed by atoms with van der Waals surface area (Å²) < 4.78 is 26.6. The lowest BCUT2D eigenvalue weighted by molar-refractivity contribution is -0.261. The fourth-order valence-corrected chi connectivity index (χ4v) is 7.16.